The van der Waals surface area contributed by atoms with E-state index in [1.807, 2.05) is 0 Å². The summed E-state index contributed by atoms with van der Waals surface area (Å²) in [5.74, 6) is -2.02. The van der Waals surface area contributed by atoms with Crippen LogP contribution in [0.2, 0.25) is 0 Å². The van der Waals surface area contributed by atoms with Gasteiger partial charge in [0.1, 0.15) is 5.60 Å². The van der Waals surface area contributed by atoms with Crippen LogP contribution in [0, 0.1) is 5.92 Å². The van der Waals surface area contributed by atoms with E-state index in [9.17, 15) is 14.7 Å². The quantitative estimate of drug-likeness (QED) is 0.790. The molecule has 1 unspecified atom stereocenters. The van der Waals surface area contributed by atoms with E-state index in [4.69, 9.17) is 4.74 Å². The Morgan fingerprint density at radius 3 is 2.24 bits per heavy atom. The molecule has 0 bridgehead atoms. The van der Waals surface area contributed by atoms with Crippen LogP contribution in [0.25, 0.3) is 11.4 Å². The van der Waals surface area contributed by atoms with Gasteiger partial charge in [0.15, 0.2) is 6.33 Å². The van der Waals surface area contributed by atoms with Gasteiger partial charge in [-0.15, -0.1) is 20.4 Å². The predicted octanol–water partition coefficient (Wildman–Crippen LogP) is 1.91. The summed E-state index contributed by atoms with van der Waals surface area (Å²) in [7, 11) is 0. The first-order valence-corrected chi connectivity index (χ1v) is 7.79. The molecule has 0 aliphatic rings. The Morgan fingerprint density at radius 1 is 1.12 bits per heavy atom. The van der Waals surface area contributed by atoms with Crippen molar-refractivity contribution in [3.05, 3.63) is 36.2 Å². The highest BCUT2D eigenvalue weighted by atomic mass is 16.6. The molecule has 0 fully saturated rings. The van der Waals surface area contributed by atoms with Gasteiger partial charge < -0.3 is 9.84 Å². The number of rotatable bonds is 6. The Labute approximate surface area is 145 Å². The van der Waals surface area contributed by atoms with Crippen LogP contribution in [0.3, 0.4) is 0 Å². The Hall–Kier alpha value is -2.90. The van der Waals surface area contributed by atoms with Gasteiger partial charge in [0.05, 0.1) is 12.3 Å². The molecule has 8 heteroatoms. The van der Waals surface area contributed by atoms with E-state index in [1.165, 1.54) is 6.33 Å². The number of benzene rings is 1. The predicted molar refractivity (Wildman–Crippen MR) is 88.3 cm³/mol. The lowest BCUT2D eigenvalue weighted by Gasteiger charge is -2.21. The number of aliphatic carboxylic acids is 1. The Balaban J connectivity index is 2.04. The number of carboxylic acids is 1. The molecule has 0 amide bonds. The zero-order chi connectivity index (χ0) is 18.4. The molecule has 1 atom stereocenters. The summed E-state index contributed by atoms with van der Waals surface area (Å²) < 4.78 is 5.20. The van der Waals surface area contributed by atoms with Gasteiger partial charge in [0, 0.05) is 5.56 Å². The Bertz CT molecular complexity index is 727. The molecule has 1 aromatic carbocycles. The van der Waals surface area contributed by atoms with E-state index < -0.39 is 23.5 Å². The molecule has 0 spiro atoms. The third kappa shape index (κ3) is 5.91. The lowest BCUT2D eigenvalue weighted by atomic mass is 9.95. The van der Waals surface area contributed by atoms with E-state index >= 15 is 0 Å². The van der Waals surface area contributed by atoms with Crippen molar-refractivity contribution in [1.82, 2.24) is 20.4 Å². The zero-order valence-electron chi connectivity index (χ0n) is 14.3. The maximum Gasteiger partial charge on any atom is 0.307 e. The molecule has 0 saturated heterocycles. The zero-order valence-corrected chi connectivity index (χ0v) is 14.3. The van der Waals surface area contributed by atoms with E-state index in [0.717, 1.165) is 11.1 Å². The van der Waals surface area contributed by atoms with Crippen LogP contribution in [0.1, 0.15) is 32.8 Å². The molecule has 0 radical (unpaired) electrons. The highest BCUT2D eigenvalue weighted by Crippen LogP contribution is 2.19. The number of aromatic nitrogens is 4. The van der Waals surface area contributed by atoms with Crippen LogP contribution in [-0.4, -0.2) is 43.0 Å². The van der Waals surface area contributed by atoms with Crippen molar-refractivity contribution in [2.24, 2.45) is 5.92 Å². The molecule has 1 N–H and O–H groups in total. The second-order valence-electron chi connectivity index (χ2n) is 6.60. The van der Waals surface area contributed by atoms with Gasteiger partial charge in [-0.3, -0.25) is 9.59 Å². The van der Waals surface area contributed by atoms with Gasteiger partial charge in [0.2, 0.25) is 5.82 Å². The summed E-state index contributed by atoms with van der Waals surface area (Å²) in [6, 6.07) is 7.08. The standard InChI is InChI=1S/C17H20N4O4/c1-17(2,3)25-14(22)9-13(16(23)24)8-11-4-6-12(7-5-11)15-20-18-10-19-21-15/h4-7,10,13H,8-9H2,1-3H3,(H,23,24). The average molecular weight is 344 g/mol. The van der Waals surface area contributed by atoms with E-state index in [2.05, 4.69) is 20.4 Å². The number of nitrogens with zero attached hydrogens (tertiary/aromatic N) is 4. The number of carbonyl (C=O) groups is 2. The van der Waals surface area contributed by atoms with Crippen LogP contribution >= 0.6 is 0 Å². The second-order valence-corrected chi connectivity index (χ2v) is 6.60. The summed E-state index contributed by atoms with van der Waals surface area (Å²) >= 11 is 0. The molecule has 2 rings (SSSR count). The average Bonchev–Trinajstić information content (AvgIpc) is 2.54. The van der Waals surface area contributed by atoms with Crippen molar-refractivity contribution < 1.29 is 19.4 Å². The maximum absolute atomic E-state index is 11.9. The van der Waals surface area contributed by atoms with Gasteiger partial charge in [-0.2, -0.15) is 0 Å². The summed E-state index contributed by atoms with van der Waals surface area (Å²) in [5, 5.41) is 24.4. The Kier molecular flexibility index (Phi) is 5.74. The molecule has 0 aliphatic heterocycles. The fourth-order valence-corrected chi connectivity index (χ4v) is 2.23. The number of ether oxygens (including phenoxy) is 1. The minimum atomic E-state index is -1.03. The SMILES string of the molecule is CC(C)(C)OC(=O)CC(Cc1ccc(-c2nncnn2)cc1)C(=O)O. The van der Waals surface area contributed by atoms with Gasteiger partial charge in [-0.1, -0.05) is 24.3 Å². The summed E-state index contributed by atoms with van der Waals surface area (Å²) in [6.07, 6.45) is 1.29. The molecule has 1 heterocycles. The van der Waals surface area contributed by atoms with Crippen molar-refractivity contribution in [3.8, 4) is 11.4 Å². The molecule has 8 nitrogen and oxygen atoms in total. The van der Waals surface area contributed by atoms with Gasteiger partial charge >= 0.3 is 11.9 Å². The molecule has 2 aromatic rings. The topological polar surface area (TPSA) is 115 Å². The van der Waals surface area contributed by atoms with Crippen molar-refractivity contribution in [3.63, 3.8) is 0 Å². The number of carbonyl (C=O) groups excluding carboxylic acids is 1. The first kappa shape index (κ1) is 18.4. The van der Waals surface area contributed by atoms with E-state index in [-0.39, 0.29) is 12.8 Å². The third-order valence-electron chi connectivity index (χ3n) is 3.28. The molecule has 0 saturated carbocycles. The molecule has 132 valence electrons. The lowest BCUT2D eigenvalue weighted by molar-refractivity contribution is -0.159. The molecule has 0 aliphatic carbocycles. The maximum atomic E-state index is 11.9. The number of carboxylic acid groups (broad SMARTS) is 1. The molecule has 1 aromatic heterocycles. The monoisotopic (exact) mass is 344 g/mol. The highest BCUT2D eigenvalue weighted by molar-refractivity contribution is 5.79. The van der Waals surface area contributed by atoms with Crippen molar-refractivity contribution >= 4 is 11.9 Å². The fraction of sp³-hybridized carbons (Fsp3) is 0.412. The van der Waals surface area contributed by atoms with Crippen LogP contribution < -0.4 is 0 Å². The summed E-state index contributed by atoms with van der Waals surface area (Å²) in [4.78, 5) is 23.3. The number of hydrogen-bond acceptors (Lipinski definition) is 7. The van der Waals surface area contributed by atoms with Crippen LogP contribution in [0.5, 0.6) is 0 Å². The minimum absolute atomic E-state index is 0.177. The lowest BCUT2D eigenvalue weighted by Crippen LogP contribution is -2.28. The normalized spacial score (nSPS) is 12.4. The van der Waals surface area contributed by atoms with E-state index in [1.54, 1.807) is 45.0 Å². The first-order chi connectivity index (χ1) is 11.7. The van der Waals surface area contributed by atoms with Crippen LogP contribution in [0.4, 0.5) is 0 Å². The van der Waals surface area contributed by atoms with Gasteiger partial charge in [-0.25, -0.2) is 0 Å². The van der Waals surface area contributed by atoms with Crippen molar-refractivity contribution in [2.45, 2.75) is 39.2 Å². The minimum Gasteiger partial charge on any atom is -0.481 e. The first-order valence-electron chi connectivity index (χ1n) is 7.79. The number of esters is 1. The van der Waals surface area contributed by atoms with Crippen molar-refractivity contribution in [1.29, 1.82) is 0 Å². The van der Waals surface area contributed by atoms with Crippen LogP contribution in [0.15, 0.2) is 30.6 Å². The van der Waals surface area contributed by atoms with Gasteiger partial charge in [-0.05, 0) is 32.8 Å². The van der Waals surface area contributed by atoms with Crippen LogP contribution in [-0.2, 0) is 20.7 Å². The molecular formula is C17H20N4O4. The molecular weight excluding hydrogens is 324 g/mol. The molecule has 25 heavy (non-hydrogen) atoms. The fourth-order valence-electron chi connectivity index (χ4n) is 2.23. The highest BCUT2D eigenvalue weighted by Gasteiger charge is 2.25. The Morgan fingerprint density at radius 2 is 1.72 bits per heavy atom. The summed E-state index contributed by atoms with van der Waals surface area (Å²) in [5.41, 5.74) is 0.874. The van der Waals surface area contributed by atoms with E-state index in [0.29, 0.717) is 5.82 Å². The third-order valence-corrected chi connectivity index (χ3v) is 3.28. The smallest absolute Gasteiger partial charge is 0.307 e. The number of hydrogen-bond donors (Lipinski definition) is 1. The summed E-state index contributed by atoms with van der Waals surface area (Å²) in [6.45, 7) is 5.23. The van der Waals surface area contributed by atoms with Gasteiger partial charge in [0.25, 0.3) is 0 Å². The second kappa shape index (κ2) is 7.78. The van der Waals surface area contributed by atoms with Crippen molar-refractivity contribution in [2.75, 3.05) is 0 Å². The largest absolute Gasteiger partial charge is 0.481 e.